The predicted octanol–water partition coefficient (Wildman–Crippen LogP) is 5.54. The number of methoxy groups -OCH3 is 1. The van der Waals surface area contributed by atoms with Crippen LogP contribution in [0.5, 0.6) is 0 Å². The average Bonchev–Trinajstić information content (AvgIpc) is 3.57. The fourth-order valence-electron chi connectivity index (χ4n) is 4.87. The summed E-state index contributed by atoms with van der Waals surface area (Å²) in [6.07, 6.45) is 0.705. The van der Waals surface area contributed by atoms with E-state index in [0.717, 1.165) is 39.2 Å². The molecule has 0 unspecified atom stereocenters. The average molecular weight is 561 g/mol. The molecule has 4 aromatic rings. The van der Waals surface area contributed by atoms with E-state index in [0.29, 0.717) is 25.4 Å². The van der Waals surface area contributed by atoms with E-state index in [1.54, 1.807) is 35.1 Å². The number of thiophene rings is 1. The number of aromatic nitrogens is 2. The molecule has 3 heterocycles. The number of rotatable bonds is 9. The number of benzene rings is 2. The fraction of sp³-hybridized carbons (Fsp3) is 0.300. The maximum absolute atomic E-state index is 13.7. The number of amides is 2. The van der Waals surface area contributed by atoms with Crippen LogP contribution in [0.3, 0.4) is 0 Å². The van der Waals surface area contributed by atoms with Crippen LogP contribution in [0.2, 0.25) is 0 Å². The van der Waals surface area contributed by atoms with Crippen LogP contribution in [0.1, 0.15) is 33.9 Å². The number of ether oxygens (including phenoxy) is 1. The van der Waals surface area contributed by atoms with E-state index in [1.165, 1.54) is 0 Å². The summed E-state index contributed by atoms with van der Waals surface area (Å²) in [6, 6.07) is 18.4. The molecule has 0 aliphatic carbocycles. The van der Waals surface area contributed by atoms with Crippen molar-refractivity contribution in [3.63, 3.8) is 0 Å². The highest BCUT2D eigenvalue weighted by Gasteiger charge is 2.38. The van der Waals surface area contributed by atoms with Gasteiger partial charge in [-0.2, -0.15) is 16.4 Å². The molecule has 2 aromatic heterocycles. The van der Waals surface area contributed by atoms with Gasteiger partial charge >= 0.3 is 0 Å². The first-order valence-corrected chi connectivity index (χ1v) is 14.9. The van der Waals surface area contributed by atoms with Crippen molar-refractivity contribution in [2.75, 3.05) is 37.5 Å². The summed E-state index contributed by atoms with van der Waals surface area (Å²) >= 11 is 3.22. The van der Waals surface area contributed by atoms with Crippen LogP contribution in [0.15, 0.2) is 65.4 Å². The Hall–Kier alpha value is -3.40. The van der Waals surface area contributed by atoms with Crippen LogP contribution >= 0.6 is 23.1 Å². The van der Waals surface area contributed by atoms with Gasteiger partial charge in [0.15, 0.2) is 0 Å². The molecule has 0 radical (unpaired) electrons. The van der Waals surface area contributed by atoms with Gasteiger partial charge in [-0.25, -0.2) is 4.68 Å². The molecule has 2 amide bonds. The molecule has 1 N–H and O–H groups in total. The van der Waals surface area contributed by atoms with Crippen molar-refractivity contribution in [3.8, 4) is 16.9 Å². The van der Waals surface area contributed by atoms with Crippen molar-refractivity contribution in [1.29, 1.82) is 0 Å². The minimum atomic E-state index is -0.209. The molecule has 2 aromatic carbocycles. The number of anilines is 1. The number of thioether (sulfide) groups is 1. The largest absolute Gasteiger partial charge is 0.385 e. The zero-order valence-electron chi connectivity index (χ0n) is 22.3. The maximum Gasteiger partial charge on any atom is 0.240 e. The number of fused-ring (bicyclic) bond motifs is 1. The first-order chi connectivity index (χ1) is 19.0. The van der Waals surface area contributed by atoms with Gasteiger partial charge in [0.2, 0.25) is 11.8 Å². The highest BCUT2D eigenvalue weighted by atomic mass is 32.2. The van der Waals surface area contributed by atoms with E-state index in [1.807, 2.05) is 41.1 Å². The third kappa shape index (κ3) is 5.80. The monoisotopic (exact) mass is 560 g/mol. The van der Waals surface area contributed by atoms with Crippen molar-refractivity contribution in [1.82, 2.24) is 15.1 Å². The van der Waals surface area contributed by atoms with Gasteiger partial charge in [-0.05, 0) is 54.3 Å². The highest BCUT2D eigenvalue weighted by Crippen LogP contribution is 2.49. The smallest absolute Gasteiger partial charge is 0.240 e. The Morgan fingerprint density at radius 2 is 1.97 bits per heavy atom. The second-order valence-electron chi connectivity index (χ2n) is 9.58. The molecule has 202 valence electrons. The van der Waals surface area contributed by atoms with E-state index in [-0.39, 0.29) is 29.4 Å². The summed E-state index contributed by atoms with van der Waals surface area (Å²) in [4.78, 5) is 28.5. The number of hydrogen-bond acceptors (Lipinski definition) is 6. The number of nitrogens with zero attached hydrogens (tertiary/aromatic N) is 3. The summed E-state index contributed by atoms with van der Waals surface area (Å²) in [5.74, 6) is 0.586. The molecule has 39 heavy (non-hydrogen) atoms. The van der Waals surface area contributed by atoms with Gasteiger partial charge in [0, 0.05) is 31.4 Å². The normalized spacial score (nSPS) is 15.2. The first-order valence-electron chi connectivity index (χ1n) is 12.9. The summed E-state index contributed by atoms with van der Waals surface area (Å²) in [5.41, 5.74) is 6.93. The molecule has 0 saturated heterocycles. The molecule has 1 atom stereocenters. The van der Waals surface area contributed by atoms with E-state index < -0.39 is 0 Å². The van der Waals surface area contributed by atoms with Gasteiger partial charge in [-0.3, -0.25) is 14.5 Å². The Morgan fingerprint density at radius 1 is 1.15 bits per heavy atom. The third-order valence-corrected chi connectivity index (χ3v) is 8.67. The van der Waals surface area contributed by atoms with Gasteiger partial charge in [-0.1, -0.05) is 48.0 Å². The van der Waals surface area contributed by atoms with E-state index in [2.05, 4.69) is 48.1 Å². The molecule has 1 aliphatic heterocycles. The van der Waals surface area contributed by atoms with Crippen molar-refractivity contribution in [2.24, 2.45) is 0 Å². The minimum absolute atomic E-state index is 0.0828. The number of aryl methyl sites for hydroxylation is 2. The third-order valence-electron chi connectivity index (χ3n) is 6.71. The molecule has 0 bridgehead atoms. The molecular weight excluding hydrogens is 528 g/mol. The summed E-state index contributed by atoms with van der Waals surface area (Å²) in [5, 5.41) is 12.2. The summed E-state index contributed by atoms with van der Waals surface area (Å²) < 4.78 is 6.97. The molecule has 9 heteroatoms. The van der Waals surface area contributed by atoms with E-state index in [9.17, 15) is 9.59 Å². The summed E-state index contributed by atoms with van der Waals surface area (Å²) in [7, 11) is 1.64. The van der Waals surface area contributed by atoms with Gasteiger partial charge in [-0.15, -0.1) is 11.8 Å². The fourth-order valence-corrected chi connectivity index (χ4v) is 6.83. The lowest BCUT2D eigenvalue weighted by Gasteiger charge is -2.23. The summed E-state index contributed by atoms with van der Waals surface area (Å²) in [6.45, 7) is 5.07. The van der Waals surface area contributed by atoms with E-state index >= 15 is 0 Å². The molecule has 0 fully saturated rings. The molecular formula is C30H32N4O3S2. The Kier molecular flexibility index (Phi) is 8.50. The van der Waals surface area contributed by atoms with Crippen molar-refractivity contribution in [2.45, 2.75) is 25.5 Å². The second kappa shape index (κ2) is 12.2. The Balaban J connectivity index is 1.71. The van der Waals surface area contributed by atoms with Crippen LogP contribution in [0.4, 0.5) is 5.82 Å². The minimum Gasteiger partial charge on any atom is -0.385 e. The lowest BCUT2D eigenvalue weighted by Crippen LogP contribution is -2.42. The quantitative estimate of drug-likeness (QED) is 0.272. The van der Waals surface area contributed by atoms with Gasteiger partial charge in [0.25, 0.3) is 0 Å². The Bertz CT molecular complexity index is 1450. The molecule has 0 saturated carbocycles. The van der Waals surface area contributed by atoms with Gasteiger partial charge < -0.3 is 10.1 Å². The highest BCUT2D eigenvalue weighted by molar-refractivity contribution is 8.00. The Labute approximate surface area is 237 Å². The molecule has 7 nitrogen and oxygen atoms in total. The zero-order chi connectivity index (χ0) is 27.4. The van der Waals surface area contributed by atoms with Crippen LogP contribution in [0.25, 0.3) is 16.9 Å². The van der Waals surface area contributed by atoms with Crippen LogP contribution < -0.4 is 10.2 Å². The predicted molar refractivity (Wildman–Crippen MR) is 159 cm³/mol. The SMILES string of the molecule is COCCCNC(=O)CN1C(=O)CS[C@H](c2ccsc2)c2c(-c3ccccc3)nn(-c3ccc(C)cc3C)c21. The molecule has 0 spiro atoms. The van der Waals surface area contributed by atoms with Crippen LogP contribution in [-0.4, -0.2) is 54.2 Å². The standard InChI is InChI=1S/C30H32N4O3S2/c1-20-10-11-24(21(2)16-20)34-30-27(28(32-34)22-8-5-4-6-9-22)29(23-12-15-38-18-23)39-19-26(36)33(30)17-25(35)31-13-7-14-37-3/h4-6,8-12,15-16,18,29H,7,13-14,17,19H2,1-3H3,(H,31,35)/t29-/m1/s1. The molecule has 5 rings (SSSR count). The van der Waals surface area contributed by atoms with Crippen molar-refractivity contribution < 1.29 is 14.3 Å². The first kappa shape index (κ1) is 27.2. The second-order valence-corrected chi connectivity index (χ2v) is 11.5. The Morgan fingerprint density at radius 3 is 2.69 bits per heavy atom. The molecule has 1 aliphatic rings. The van der Waals surface area contributed by atoms with Crippen LogP contribution in [0, 0.1) is 13.8 Å². The zero-order valence-corrected chi connectivity index (χ0v) is 24.0. The maximum atomic E-state index is 13.7. The van der Waals surface area contributed by atoms with Crippen molar-refractivity contribution >= 4 is 40.7 Å². The van der Waals surface area contributed by atoms with Gasteiger partial charge in [0.05, 0.1) is 22.4 Å². The van der Waals surface area contributed by atoms with Gasteiger partial charge in [0.1, 0.15) is 12.4 Å². The van der Waals surface area contributed by atoms with E-state index in [4.69, 9.17) is 9.84 Å². The lowest BCUT2D eigenvalue weighted by molar-refractivity contribution is -0.122. The number of hydrogen-bond donors (Lipinski definition) is 1. The number of carbonyl (C=O) groups excluding carboxylic acids is 2. The number of nitrogens with one attached hydrogen (secondary N) is 1. The topological polar surface area (TPSA) is 76.5 Å². The lowest BCUT2D eigenvalue weighted by atomic mass is 10.0. The van der Waals surface area contributed by atoms with Crippen LogP contribution in [-0.2, 0) is 14.3 Å². The van der Waals surface area contributed by atoms with Crippen molar-refractivity contribution in [3.05, 3.63) is 87.6 Å². The number of carbonyl (C=O) groups is 2.